The van der Waals surface area contributed by atoms with Crippen molar-refractivity contribution < 1.29 is 41.8 Å². The molecule has 4 aromatic rings. The fourth-order valence-corrected chi connectivity index (χ4v) is 12.4. The molecule has 3 fully saturated rings. The van der Waals surface area contributed by atoms with E-state index in [9.17, 15) is 28.8 Å². The second-order valence-corrected chi connectivity index (χ2v) is 22.9. The van der Waals surface area contributed by atoms with Gasteiger partial charge >= 0.3 is 35.3 Å². The molecule has 0 bridgehead atoms. The van der Waals surface area contributed by atoms with Gasteiger partial charge in [0.1, 0.15) is 17.3 Å². The van der Waals surface area contributed by atoms with E-state index in [-0.39, 0.29) is 79.7 Å². The van der Waals surface area contributed by atoms with Crippen LogP contribution in [0.1, 0.15) is 130 Å². The Morgan fingerprint density at radius 1 is 0.529 bits per heavy atom. The Bertz CT molecular complexity index is 2410. The molecule has 4 aromatic heterocycles. The van der Waals surface area contributed by atoms with Crippen molar-refractivity contribution in [2.45, 2.75) is 171 Å². The van der Waals surface area contributed by atoms with Crippen LogP contribution in [0.5, 0.6) is 0 Å². The number of amides is 3. The van der Waals surface area contributed by atoms with Gasteiger partial charge < -0.3 is 43.4 Å². The van der Waals surface area contributed by atoms with E-state index in [2.05, 4.69) is 57.5 Å². The minimum absolute atomic E-state index is 0.0102. The maximum atomic E-state index is 15.0. The van der Waals surface area contributed by atoms with Crippen molar-refractivity contribution in [2.75, 3.05) is 0 Å². The van der Waals surface area contributed by atoms with E-state index in [0.717, 1.165) is 0 Å². The molecule has 3 N–H and O–H groups in total. The first-order valence-electron chi connectivity index (χ1n) is 23.8. The molecule has 0 radical (unpaired) electrons. The smallest absolute Gasteiger partial charge is 0.407 e. The van der Waals surface area contributed by atoms with E-state index in [0.29, 0.717) is 75.1 Å². The lowest BCUT2D eigenvalue weighted by molar-refractivity contribution is 0.0434. The highest BCUT2D eigenvalue weighted by Crippen LogP contribution is 2.48. The van der Waals surface area contributed by atoms with E-state index in [1.807, 2.05) is 13.8 Å². The summed E-state index contributed by atoms with van der Waals surface area (Å²) in [5.74, 6) is 1.30. The third kappa shape index (κ3) is 13.2. The summed E-state index contributed by atoms with van der Waals surface area (Å²) < 4.78 is 35.9. The zero-order chi connectivity index (χ0) is 49.1. The zero-order valence-corrected chi connectivity index (χ0v) is 40.9. The van der Waals surface area contributed by atoms with Crippen LogP contribution in [0, 0.1) is 33.0 Å². The number of furan rings is 3. The predicted octanol–water partition coefficient (Wildman–Crippen LogP) is 8.09. The Hall–Kier alpha value is -5.94. The van der Waals surface area contributed by atoms with Gasteiger partial charge in [-0.2, -0.15) is 0 Å². The summed E-state index contributed by atoms with van der Waals surface area (Å²) in [6, 6.07) is 9.31. The van der Waals surface area contributed by atoms with Crippen LogP contribution in [0.3, 0.4) is 0 Å². The number of aromatic nitrogens is 3. The van der Waals surface area contributed by atoms with Gasteiger partial charge in [-0.15, -0.1) is 0 Å². The minimum atomic E-state index is -0.710. The van der Waals surface area contributed by atoms with Crippen LogP contribution in [-0.2, 0) is 53.7 Å². The molecule has 372 valence electrons. The third-order valence-corrected chi connectivity index (χ3v) is 13.8. The second kappa shape index (κ2) is 20.0. The van der Waals surface area contributed by atoms with E-state index >= 15 is 0 Å². The monoisotopic (exact) mass is 947 g/mol. The molecule has 0 spiro atoms. The molecule has 7 rings (SSSR count). The van der Waals surface area contributed by atoms with Gasteiger partial charge in [-0.05, 0) is 127 Å². The number of carbonyl (C=O) groups is 3. The summed E-state index contributed by atoms with van der Waals surface area (Å²) in [6.07, 6.45) is 7.90. The number of alkyl carbamates (subject to hydrolysis) is 3. The van der Waals surface area contributed by atoms with Crippen molar-refractivity contribution in [2.24, 2.45) is 33.0 Å². The Balaban J connectivity index is 1.17. The van der Waals surface area contributed by atoms with Crippen molar-refractivity contribution in [1.82, 2.24) is 29.7 Å². The molecule has 18 nitrogen and oxygen atoms in total. The van der Waals surface area contributed by atoms with Gasteiger partial charge in [0, 0.05) is 37.8 Å². The van der Waals surface area contributed by atoms with Gasteiger partial charge in [0.25, 0.3) is 0 Å². The van der Waals surface area contributed by atoms with Crippen LogP contribution >= 0.6 is 0 Å². The number of nitrogens with zero attached hydrogens (tertiary/aromatic N) is 3. The van der Waals surface area contributed by atoms with E-state index in [4.69, 9.17) is 27.5 Å². The molecule has 0 aromatic carbocycles. The summed E-state index contributed by atoms with van der Waals surface area (Å²) in [4.78, 5) is 84.0. The van der Waals surface area contributed by atoms with Crippen molar-refractivity contribution in [1.29, 1.82) is 0 Å². The normalized spacial score (nSPS) is 26.3. The third-order valence-electron chi connectivity index (χ3n) is 13.8. The lowest BCUT2D eigenvalue weighted by Crippen LogP contribution is -2.59. The average molecular weight is 947 g/mol. The lowest BCUT2D eigenvalue weighted by atomic mass is 9.62. The Morgan fingerprint density at radius 3 is 1.28 bits per heavy atom. The first kappa shape index (κ1) is 50.0. The summed E-state index contributed by atoms with van der Waals surface area (Å²) in [5, 5.41) is 9.03. The quantitative estimate of drug-likeness (QED) is 0.0963. The van der Waals surface area contributed by atoms with Crippen molar-refractivity contribution in [3.05, 3.63) is 104 Å². The molecule has 3 aliphatic rings. The van der Waals surface area contributed by atoms with Crippen LogP contribution in [-0.4, -0.2) is 50.1 Å². The number of nitrogens with one attached hydrogen (secondary N) is 3. The van der Waals surface area contributed by atoms with E-state index in [1.165, 1.54) is 32.5 Å². The van der Waals surface area contributed by atoms with Crippen LogP contribution in [0.25, 0.3) is 0 Å². The number of rotatable bonds is 15. The molecule has 18 heteroatoms. The van der Waals surface area contributed by atoms with Crippen LogP contribution in [0.4, 0.5) is 14.4 Å². The van der Waals surface area contributed by atoms with Crippen LogP contribution in [0.15, 0.2) is 82.8 Å². The summed E-state index contributed by atoms with van der Waals surface area (Å²) in [7, 11) is 0. The highest BCUT2D eigenvalue weighted by atomic mass is 16.6. The molecule has 0 aliphatic heterocycles. The zero-order valence-electron chi connectivity index (χ0n) is 40.9. The van der Waals surface area contributed by atoms with Crippen LogP contribution in [0.2, 0.25) is 0 Å². The molecule has 3 aliphatic carbocycles. The Labute approximate surface area is 396 Å². The fourth-order valence-electron chi connectivity index (χ4n) is 12.4. The van der Waals surface area contributed by atoms with E-state index in [1.54, 1.807) is 36.4 Å². The SMILES string of the molecule is CC1(C)CC(Cn2c(=O)n(CC3(C)CC(NC(=O)OCc4ccco4)CC(C)(C)C3)c(=O)n(CC3(C)CC(NC(=O)OCc4ccco4)CC(C)(C)C3)c2=O)CC(NC(=O)OCc2ccco2)C1. The Morgan fingerprint density at radius 2 is 0.897 bits per heavy atom. The number of ether oxygens (including phenoxy) is 3. The van der Waals surface area contributed by atoms with Crippen molar-refractivity contribution in [3.63, 3.8) is 0 Å². The van der Waals surface area contributed by atoms with Gasteiger partial charge in [0.15, 0.2) is 19.8 Å². The van der Waals surface area contributed by atoms with E-state index < -0.39 is 46.2 Å². The first-order valence-corrected chi connectivity index (χ1v) is 23.8. The average Bonchev–Trinajstić information content (AvgIpc) is 4.04. The molecule has 0 saturated heterocycles. The first-order chi connectivity index (χ1) is 32.0. The van der Waals surface area contributed by atoms with Gasteiger partial charge in [0.05, 0.1) is 18.8 Å². The molecule has 6 unspecified atom stereocenters. The number of hydrogen-bond donors (Lipinski definition) is 3. The molecule has 3 saturated carbocycles. The molecule has 4 heterocycles. The van der Waals surface area contributed by atoms with Crippen molar-refractivity contribution >= 4 is 18.3 Å². The Kier molecular flexibility index (Phi) is 14.7. The van der Waals surface area contributed by atoms with Gasteiger partial charge in [0.2, 0.25) is 0 Å². The van der Waals surface area contributed by atoms with Gasteiger partial charge in [-0.1, -0.05) is 55.4 Å². The molecular formula is C50H70N6O12. The van der Waals surface area contributed by atoms with Crippen LogP contribution < -0.4 is 33.0 Å². The minimum Gasteiger partial charge on any atom is -0.466 e. The summed E-state index contributed by atoms with van der Waals surface area (Å²) in [6.45, 7) is 16.5. The predicted molar refractivity (Wildman–Crippen MR) is 249 cm³/mol. The van der Waals surface area contributed by atoms with Gasteiger partial charge in [-0.25, -0.2) is 42.5 Å². The molecule has 68 heavy (non-hydrogen) atoms. The largest absolute Gasteiger partial charge is 0.466 e. The topological polar surface area (TPSA) is 220 Å². The molecular weight excluding hydrogens is 877 g/mol. The molecule has 6 atom stereocenters. The number of hydrogen-bond acceptors (Lipinski definition) is 12. The highest BCUT2D eigenvalue weighted by molar-refractivity contribution is 5.68. The maximum Gasteiger partial charge on any atom is 0.407 e. The fraction of sp³-hybridized carbons (Fsp3) is 0.640. The van der Waals surface area contributed by atoms with Crippen molar-refractivity contribution in [3.8, 4) is 0 Å². The highest BCUT2D eigenvalue weighted by Gasteiger charge is 2.45. The molecule has 3 amide bonds. The summed E-state index contributed by atoms with van der Waals surface area (Å²) in [5.41, 5.74) is -4.36. The van der Waals surface area contributed by atoms with Gasteiger partial charge in [-0.3, -0.25) is 0 Å². The number of carbonyl (C=O) groups excluding carboxylic acids is 3. The maximum absolute atomic E-state index is 15.0. The second-order valence-electron chi connectivity index (χ2n) is 22.9. The lowest BCUT2D eigenvalue weighted by Gasteiger charge is -2.47. The summed E-state index contributed by atoms with van der Waals surface area (Å²) >= 11 is 0. The standard InChI is InChI=1S/C50H70N6O12/c1-46(2)19-33(18-34(20-46)51-40(57)66-26-37-12-9-15-63-37)25-54-43(60)55(31-49(7)23-35(21-47(3,4)29-49)52-41(58)67-27-38-13-10-16-64-38)45(62)56(44(54)61)32-50(8)24-36(22-48(5,6)30-50)53-42(59)68-28-39-14-11-17-65-39/h9-17,33-36H,18-32H2,1-8H3,(H,51,57)(H,52,58)(H,53,59).